The predicted molar refractivity (Wildman–Crippen MR) is 121 cm³/mol. The number of nitrogens with one attached hydrogen (secondary N) is 3. The van der Waals surface area contributed by atoms with Crippen molar-refractivity contribution in [1.29, 1.82) is 0 Å². The van der Waals surface area contributed by atoms with Crippen LogP contribution in [-0.4, -0.2) is 46.2 Å². The molecule has 1 amide bonds. The summed E-state index contributed by atoms with van der Waals surface area (Å²) >= 11 is 0. The Labute approximate surface area is 179 Å². The zero-order valence-corrected chi connectivity index (χ0v) is 19.0. The second-order valence-corrected chi connectivity index (χ2v) is 7.01. The first-order chi connectivity index (χ1) is 12.6. The molecule has 0 aromatic heterocycles. The number of carbonyl (C=O) groups excluding carboxylic acids is 1. The van der Waals surface area contributed by atoms with E-state index in [2.05, 4.69) is 20.9 Å². The number of methoxy groups -OCH3 is 1. The van der Waals surface area contributed by atoms with Gasteiger partial charge in [0.05, 0.1) is 0 Å². The fourth-order valence-corrected chi connectivity index (χ4v) is 3.55. The number of hydrogen-bond acceptors (Lipinski definition) is 3. The number of aliphatic imine (C=N–C) groups is 1. The van der Waals surface area contributed by atoms with Gasteiger partial charge in [-0.2, -0.15) is 0 Å². The molecule has 1 aliphatic carbocycles. The standard InChI is InChI=1S/C20H32N4O2.HI/c1-21-18(25)17-8-6-16(7-9-17)14-23-19(22-2)24-15-20(12-13-26-3)10-4-5-11-20;/h6-9H,4-5,10-15H2,1-3H3,(H,21,25)(H2,22,23,24);1H. The SMILES string of the molecule is CN=C(NCc1ccc(C(=O)NC)cc1)NCC1(CCOC)CCCC1.I. The van der Waals surface area contributed by atoms with Gasteiger partial charge >= 0.3 is 0 Å². The third-order valence-electron chi connectivity index (χ3n) is 5.26. The van der Waals surface area contributed by atoms with E-state index in [0.29, 0.717) is 17.5 Å². The first kappa shape index (κ1) is 23.7. The molecule has 0 atom stereocenters. The lowest BCUT2D eigenvalue weighted by molar-refractivity contribution is 0.0963. The summed E-state index contributed by atoms with van der Waals surface area (Å²) in [6.07, 6.45) is 6.20. The number of hydrogen-bond donors (Lipinski definition) is 3. The highest BCUT2D eigenvalue weighted by molar-refractivity contribution is 14.0. The van der Waals surface area contributed by atoms with Crippen LogP contribution in [0, 0.1) is 5.41 Å². The van der Waals surface area contributed by atoms with Crippen molar-refractivity contribution in [2.75, 3.05) is 34.4 Å². The van der Waals surface area contributed by atoms with E-state index < -0.39 is 0 Å². The van der Waals surface area contributed by atoms with Crippen LogP contribution < -0.4 is 16.0 Å². The van der Waals surface area contributed by atoms with Crippen molar-refractivity contribution in [2.45, 2.75) is 38.6 Å². The van der Waals surface area contributed by atoms with E-state index in [-0.39, 0.29) is 29.9 Å². The number of halogens is 1. The Bertz CT molecular complexity index is 599. The van der Waals surface area contributed by atoms with Crippen molar-refractivity contribution in [1.82, 2.24) is 16.0 Å². The Kier molecular flexibility index (Phi) is 10.7. The molecule has 0 bridgehead atoms. The van der Waals surface area contributed by atoms with Crippen LogP contribution >= 0.6 is 24.0 Å². The van der Waals surface area contributed by atoms with E-state index in [1.165, 1.54) is 25.7 Å². The molecule has 0 heterocycles. The molecule has 0 unspecified atom stereocenters. The normalized spacial score (nSPS) is 15.7. The van der Waals surface area contributed by atoms with E-state index in [1.807, 2.05) is 24.3 Å². The first-order valence-corrected chi connectivity index (χ1v) is 9.37. The average molecular weight is 488 g/mol. The summed E-state index contributed by atoms with van der Waals surface area (Å²) in [5.74, 6) is 0.740. The van der Waals surface area contributed by atoms with Gasteiger partial charge in [-0.3, -0.25) is 9.79 Å². The second-order valence-electron chi connectivity index (χ2n) is 7.01. The highest BCUT2D eigenvalue weighted by Crippen LogP contribution is 2.40. The van der Waals surface area contributed by atoms with Crippen molar-refractivity contribution in [3.8, 4) is 0 Å². The fraction of sp³-hybridized carbons (Fsp3) is 0.600. The minimum Gasteiger partial charge on any atom is -0.385 e. The van der Waals surface area contributed by atoms with Crippen LogP contribution in [-0.2, 0) is 11.3 Å². The molecular weight excluding hydrogens is 455 g/mol. The maximum Gasteiger partial charge on any atom is 0.251 e. The lowest BCUT2D eigenvalue weighted by Gasteiger charge is -2.30. The van der Waals surface area contributed by atoms with Crippen LogP contribution in [0.15, 0.2) is 29.3 Å². The highest BCUT2D eigenvalue weighted by Gasteiger charge is 2.33. The number of benzene rings is 1. The lowest BCUT2D eigenvalue weighted by atomic mass is 9.83. The summed E-state index contributed by atoms with van der Waals surface area (Å²) in [7, 11) is 5.20. The van der Waals surface area contributed by atoms with Gasteiger partial charge in [0, 0.05) is 46.5 Å². The topological polar surface area (TPSA) is 74.8 Å². The Morgan fingerprint density at radius 3 is 2.41 bits per heavy atom. The second kappa shape index (κ2) is 12.2. The molecule has 1 aromatic carbocycles. The molecule has 0 radical (unpaired) electrons. The number of guanidine groups is 1. The van der Waals surface area contributed by atoms with Crippen LogP contribution in [0.4, 0.5) is 0 Å². The Morgan fingerprint density at radius 2 is 1.85 bits per heavy atom. The van der Waals surface area contributed by atoms with Crippen molar-refractivity contribution in [3.63, 3.8) is 0 Å². The molecular formula is C20H33IN4O2. The summed E-state index contributed by atoms with van der Waals surface area (Å²) in [5.41, 5.74) is 2.10. The molecule has 0 aliphatic heterocycles. The summed E-state index contributed by atoms with van der Waals surface area (Å²) in [4.78, 5) is 15.9. The van der Waals surface area contributed by atoms with Crippen LogP contribution in [0.25, 0.3) is 0 Å². The average Bonchev–Trinajstić information content (AvgIpc) is 3.15. The molecule has 2 rings (SSSR count). The van der Waals surface area contributed by atoms with Crippen molar-refractivity contribution in [3.05, 3.63) is 35.4 Å². The van der Waals surface area contributed by atoms with Gasteiger partial charge in [0.15, 0.2) is 5.96 Å². The summed E-state index contributed by atoms with van der Waals surface area (Å²) in [5, 5.41) is 9.47. The van der Waals surface area contributed by atoms with Gasteiger partial charge in [0.2, 0.25) is 0 Å². The van der Waals surface area contributed by atoms with Gasteiger partial charge in [-0.15, -0.1) is 24.0 Å². The summed E-state index contributed by atoms with van der Waals surface area (Å²) in [6.45, 7) is 2.40. The minimum atomic E-state index is -0.0695. The molecule has 3 N–H and O–H groups in total. The summed E-state index contributed by atoms with van der Waals surface area (Å²) in [6, 6.07) is 7.60. The van der Waals surface area contributed by atoms with Gasteiger partial charge in [-0.1, -0.05) is 25.0 Å². The van der Waals surface area contributed by atoms with Crippen LogP contribution in [0.3, 0.4) is 0 Å². The molecule has 1 aliphatic rings. The molecule has 7 heteroatoms. The van der Waals surface area contributed by atoms with Crippen molar-refractivity contribution >= 4 is 35.8 Å². The zero-order chi connectivity index (χ0) is 18.8. The smallest absolute Gasteiger partial charge is 0.251 e. The van der Waals surface area contributed by atoms with E-state index in [0.717, 1.165) is 31.1 Å². The van der Waals surface area contributed by atoms with Crippen LogP contribution in [0.2, 0.25) is 0 Å². The van der Waals surface area contributed by atoms with E-state index >= 15 is 0 Å². The zero-order valence-electron chi connectivity index (χ0n) is 16.6. The Balaban J connectivity index is 0.00000364. The first-order valence-electron chi connectivity index (χ1n) is 9.37. The molecule has 1 saturated carbocycles. The minimum absolute atomic E-state index is 0. The molecule has 27 heavy (non-hydrogen) atoms. The number of amides is 1. The van der Waals surface area contributed by atoms with Gasteiger partial charge < -0.3 is 20.7 Å². The molecule has 1 fully saturated rings. The van der Waals surface area contributed by atoms with Gasteiger partial charge in [0.25, 0.3) is 5.91 Å². The predicted octanol–water partition coefficient (Wildman–Crippen LogP) is 2.93. The largest absolute Gasteiger partial charge is 0.385 e. The summed E-state index contributed by atoms with van der Waals surface area (Å²) < 4.78 is 5.30. The quantitative estimate of drug-likeness (QED) is 0.299. The molecule has 0 saturated heterocycles. The van der Waals surface area contributed by atoms with Crippen LogP contribution in [0.1, 0.15) is 48.0 Å². The third-order valence-corrected chi connectivity index (χ3v) is 5.26. The molecule has 0 spiro atoms. The number of ether oxygens (including phenoxy) is 1. The monoisotopic (exact) mass is 488 g/mol. The van der Waals surface area contributed by atoms with Gasteiger partial charge in [-0.25, -0.2) is 0 Å². The molecule has 152 valence electrons. The van der Waals surface area contributed by atoms with E-state index in [9.17, 15) is 4.79 Å². The molecule has 1 aromatic rings. The fourth-order valence-electron chi connectivity index (χ4n) is 3.55. The molecule has 6 nitrogen and oxygen atoms in total. The van der Waals surface area contributed by atoms with Gasteiger partial charge in [0.1, 0.15) is 0 Å². The van der Waals surface area contributed by atoms with Crippen molar-refractivity contribution in [2.24, 2.45) is 10.4 Å². The Morgan fingerprint density at radius 1 is 1.19 bits per heavy atom. The lowest BCUT2D eigenvalue weighted by Crippen LogP contribution is -2.43. The maximum atomic E-state index is 11.6. The van der Waals surface area contributed by atoms with E-state index in [4.69, 9.17) is 4.74 Å². The Hall–Kier alpha value is -1.35. The van der Waals surface area contributed by atoms with Gasteiger partial charge in [-0.05, 0) is 42.4 Å². The highest BCUT2D eigenvalue weighted by atomic mass is 127. The van der Waals surface area contributed by atoms with E-state index in [1.54, 1.807) is 21.2 Å². The van der Waals surface area contributed by atoms with Crippen LogP contribution in [0.5, 0.6) is 0 Å². The van der Waals surface area contributed by atoms with Crippen molar-refractivity contribution < 1.29 is 9.53 Å². The number of rotatable bonds is 8. The number of carbonyl (C=O) groups is 1. The number of nitrogens with zero attached hydrogens (tertiary/aromatic N) is 1. The third kappa shape index (κ3) is 7.29. The maximum absolute atomic E-state index is 11.6.